The summed E-state index contributed by atoms with van der Waals surface area (Å²) >= 11 is 0. The molecule has 0 saturated heterocycles. The van der Waals surface area contributed by atoms with E-state index < -0.39 is 23.7 Å². The van der Waals surface area contributed by atoms with Crippen LogP contribution in [0.25, 0.3) is 0 Å². The highest BCUT2D eigenvalue weighted by molar-refractivity contribution is 5.80. The fraction of sp³-hybridized carbons (Fsp3) is 0.625. The van der Waals surface area contributed by atoms with Crippen LogP contribution in [-0.2, 0) is 15.8 Å². The Labute approximate surface area is 160 Å². The number of unbranched alkanes of at least 4 members (excludes halogenated alkanes) is 2. The summed E-state index contributed by atoms with van der Waals surface area (Å²) in [5.41, 5.74) is 3.44. The summed E-state index contributed by atoms with van der Waals surface area (Å²) in [5.74, 6) is -1.83. The van der Waals surface area contributed by atoms with E-state index >= 15 is 0 Å². The number of hydroxylamine groups is 2. The third kappa shape index (κ3) is 7.94. The monoisotopic (exact) mass is 406 g/mol. The topological polar surface area (TPSA) is 119 Å². The Hall–Kier alpha value is -2.63. The van der Waals surface area contributed by atoms with Gasteiger partial charge in [0, 0.05) is 12.6 Å². The average molecular weight is 406 g/mol. The van der Waals surface area contributed by atoms with E-state index in [4.69, 9.17) is 0 Å². The van der Waals surface area contributed by atoms with E-state index in [0.29, 0.717) is 30.5 Å². The van der Waals surface area contributed by atoms with Crippen LogP contribution in [0.15, 0.2) is 6.07 Å². The third-order valence-electron chi connectivity index (χ3n) is 3.72. The Morgan fingerprint density at radius 2 is 2.04 bits per heavy atom. The van der Waals surface area contributed by atoms with Gasteiger partial charge in [-0.2, -0.15) is 18.2 Å². The average Bonchev–Trinajstić information content (AvgIpc) is 2.64. The molecule has 1 heterocycles. The van der Waals surface area contributed by atoms with Crippen molar-refractivity contribution in [2.75, 3.05) is 23.8 Å². The minimum absolute atomic E-state index is 0.177. The van der Waals surface area contributed by atoms with Crippen LogP contribution in [-0.4, -0.2) is 45.6 Å². The SMILES string of the molecule is CCCCC[C@H](CN(O)C=O)C(=O)NNc1cc(C(F)(F)F)nc(NCC)n1. The fourth-order valence-corrected chi connectivity index (χ4v) is 2.34. The molecule has 12 heteroatoms. The van der Waals surface area contributed by atoms with Gasteiger partial charge in [-0.15, -0.1) is 0 Å². The van der Waals surface area contributed by atoms with E-state index in [-0.39, 0.29) is 24.7 Å². The molecule has 1 aromatic heterocycles. The van der Waals surface area contributed by atoms with Gasteiger partial charge in [0.15, 0.2) is 11.5 Å². The summed E-state index contributed by atoms with van der Waals surface area (Å²) in [5, 5.41) is 12.3. The molecule has 1 rings (SSSR count). The van der Waals surface area contributed by atoms with Crippen LogP contribution in [0, 0.1) is 5.92 Å². The first-order valence-corrected chi connectivity index (χ1v) is 8.88. The minimum atomic E-state index is -4.68. The molecule has 2 amide bonds. The maximum Gasteiger partial charge on any atom is 0.433 e. The van der Waals surface area contributed by atoms with Crippen molar-refractivity contribution >= 4 is 24.1 Å². The number of hydrazine groups is 1. The number of alkyl halides is 3. The van der Waals surface area contributed by atoms with Crippen LogP contribution in [0.3, 0.4) is 0 Å². The standard InChI is InChI=1S/C16H25F3N6O3/c1-3-5-6-7-11(9-25(28)10-26)14(27)24-23-13-8-12(16(17,18)19)21-15(22-13)20-4-2/h8,10-11,28H,3-7,9H2,1-2H3,(H,24,27)(H2,20,21,22,23)/t11-/m1/s1. The van der Waals surface area contributed by atoms with Crippen LogP contribution >= 0.6 is 0 Å². The van der Waals surface area contributed by atoms with E-state index in [1.165, 1.54) is 0 Å². The number of nitrogens with zero attached hydrogens (tertiary/aromatic N) is 3. The largest absolute Gasteiger partial charge is 0.433 e. The number of halogens is 3. The summed E-state index contributed by atoms with van der Waals surface area (Å²) in [6.07, 6.45) is -1.65. The summed E-state index contributed by atoms with van der Waals surface area (Å²) in [4.78, 5) is 30.2. The smallest absolute Gasteiger partial charge is 0.354 e. The lowest BCUT2D eigenvalue weighted by molar-refractivity contribution is -0.154. The molecule has 9 nitrogen and oxygen atoms in total. The molecule has 1 aromatic rings. The molecule has 0 saturated carbocycles. The van der Waals surface area contributed by atoms with Crippen molar-refractivity contribution in [2.24, 2.45) is 5.92 Å². The van der Waals surface area contributed by atoms with Gasteiger partial charge in [-0.05, 0) is 13.3 Å². The highest BCUT2D eigenvalue weighted by atomic mass is 19.4. The molecule has 28 heavy (non-hydrogen) atoms. The molecule has 0 spiro atoms. The Kier molecular flexibility index (Phi) is 9.42. The van der Waals surface area contributed by atoms with Crippen LogP contribution in [0.5, 0.6) is 0 Å². The lowest BCUT2D eigenvalue weighted by atomic mass is 10.0. The molecular weight excluding hydrogens is 381 g/mol. The maximum atomic E-state index is 13.0. The van der Waals surface area contributed by atoms with Gasteiger partial charge >= 0.3 is 6.18 Å². The van der Waals surface area contributed by atoms with Crippen LogP contribution < -0.4 is 16.2 Å². The Morgan fingerprint density at radius 1 is 1.32 bits per heavy atom. The number of nitrogens with one attached hydrogen (secondary N) is 3. The second-order valence-electron chi connectivity index (χ2n) is 6.02. The van der Waals surface area contributed by atoms with Gasteiger partial charge in [0.25, 0.3) is 0 Å². The highest BCUT2D eigenvalue weighted by Gasteiger charge is 2.34. The van der Waals surface area contributed by atoms with Gasteiger partial charge < -0.3 is 5.32 Å². The highest BCUT2D eigenvalue weighted by Crippen LogP contribution is 2.29. The molecule has 0 unspecified atom stereocenters. The van der Waals surface area contributed by atoms with E-state index in [1.807, 2.05) is 6.92 Å². The first-order chi connectivity index (χ1) is 13.2. The van der Waals surface area contributed by atoms with Crippen LogP contribution in [0.2, 0.25) is 0 Å². The molecule has 0 fully saturated rings. The van der Waals surface area contributed by atoms with Gasteiger partial charge in [-0.3, -0.25) is 25.6 Å². The van der Waals surface area contributed by atoms with Crippen molar-refractivity contribution in [3.63, 3.8) is 0 Å². The molecule has 0 aliphatic carbocycles. The van der Waals surface area contributed by atoms with Gasteiger partial charge in [0.1, 0.15) is 0 Å². The van der Waals surface area contributed by atoms with Gasteiger partial charge in [-0.1, -0.05) is 26.2 Å². The van der Waals surface area contributed by atoms with E-state index in [1.54, 1.807) is 6.92 Å². The number of anilines is 2. The summed E-state index contributed by atoms with van der Waals surface area (Å²) in [7, 11) is 0. The number of amides is 2. The second-order valence-corrected chi connectivity index (χ2v) is 6.02. The molecule has 1 atom stereocenters. The molecule has 0 aliphatic heterocycles. The van der Waals surface area contributed by atoms with Crippen LogP contribution in [0.4, 0.5) is 24.9 Å². The van der Waals surface area contributed by atoms with Crippen molar-refractivity contribution in [3.8, 4) is 0 Å². The minimum Gasteiger partial charge on any atom is -0.354 e. The van der Waals surface area contributed by atoms with E-state index in [9.17, 15) is 28.0 Å². The van der Waals surface area contributed by atoms with Crippen molar-refractivity contribution in [3.05, 3.63) is 11.8 Å². The lowest BCUT2D eigenvalue weighted by Crippen LogP contribution is -2.40. The molecular formula is C16H25F3N6O3. The number of rotatable bonds is 12. The molecule has 0 bridgehead atoms. The quantitative estimate of drug-likeness (QED) is 0.182. The van der Waals surface area contributed by atoms with Crippen molar-refractivity contribution < 1.29 is 28.0 Å². The number of aromatic nitrogens is 2. The summed E-state index contributed by atoms with van der Waals surface area (Å²) < 4.78 is 38.9. The van der Waals surface area contributed by atoms with Crippen LogP contribution in [0.1, 0.15) is 45.2 Å². The molecule has 0 aromatic carbocycles. The molecule has 158 valence electrons. The van der Waals surface area contributed by atoms with Gasteiger partial charge in [0.05, 0.1) is 12.5 Å². The normalized spacial score (nSPS) is 12.2. The zero-order chi connectivity index (χ0) is 21.2. The fourth-order valence-electron chi connectivity index (χ4n) is 2.34. The van der Waals surface area contributed by atoms with E-state index in [2.05, 4.69) is 26.1 Å². The van der Waals surface area contributed by atoms with Crippen molar-refractivity contribution in [1.82, 2.24) is 20.5 Å². The summed E-state index contributed by atoms with van der Waals surface area (Å²) in [6, 6.07) is 0.664. The predicted octanol–water partition coefficient (Wildman–Crippen LogP) is 2.41. The first kappa shape index (κ1) is 23.4. The number of hydrogen-bond donors (Lipinski definition) is 4. The summed E-state index contributed by atoms with van der Waals surface area (Å²) in [6.45, 7) is 3.73. The van der Waals surface area contributed by atoms with Crippen molar-refractivity contribution in [2.45, 2.75) is 45.7 Å². The second kappa shape index (κ2) is 11.3. The maximum absolute atomic E-state index is 13.0. The Balaban J connectivity index is 2.86. The molecule has 0 radical (unpaired) electrons. The van der Waals surface area contributed by atoms with E-state index in [0.717, 1.165) is 12.8 Å². The molecule has 4 N–H and O–H groups in total. The lowest BCUT2D eigenvalue weighted by Gasteiger charge is -2.20. The Bertz CT molecular complexity index is 645. The van der Waals surface area contributed by atoms with Gasteiger partial charge in [0.2, 0.25) is 18.3 Å². The zero-order valence-electron chi connectivity index (χ0n) is 15.7. The number of carbonyl (C=O) groups is 2. The number of carbonyl (C=O) groups excluding carboxylic acids is 2. The third-order valence-corrected chi connectivity index (χ3v) is 3.72. The zero-order valence-corrected chi connectivity index (χ0v) is 15.7. The molecule has 0 aliphatic rings. The van der Waals surface area contributed by atoms with Gasteiger partial charge in [-0.25, -0.2) is 10.0 Å². The van der Waals surface area contributed by atoms with Crippen molar-refractivity contribution in [1.29, 1.82) is 0 Å². The Morgan fingerprint density at radius 3 is 2.61 bits per heavy atom. The number of hydrogen-bond acceptors (Lipinski definition) is 7. The predicted molar refractivity (Wildman–Crippen MR) is 95.2 cm³/mol. The first-order valence-electron chi connectivity index (χ1n) is 8.88.